The van der Waals surface area contributed by atoms with Gasteiger partial charge in [-0.2, -0.15) is 0 Å². The van der Waals surface area contributed by atoms with E-state index in [2.05, 4.69) is 15.4 Å². The van der Waals surface area contributed by atoms with Gasteiger partial charge in [-0.1, -0.05) is 6.42 Å². The zero-order valence-electron chi connectivity index (χ0n) is 8.24. The highest BCUT2D eigenvalue weighted by Crippen LogP contribution is 2.17. The average Bonchev–Trinajstić information content (AvgIpc) is 2.23. The van der Waals surface area contributed by atoms with Gasteiger partial charge >= 0.3 is 0 Å². The lowest BCUT2D eigenvalue weighted by atomic mass is 10.2. The Hall–Kier alpha value is -1.29. The molecule has 1 fully saturated rings. The number of pyridine rings is 1. The van der Waals surface area contributed by atoms with Crippen LogP contribution in [0.25, 0.3) is 0 Å². The molecule has 0 spiro atoms. The molecule has 4 heteroatoms. The Kier molecular flexibility index (Phi) is 2.84. The summed E-state index contributed by atoms with van der Waals surface area (Å²) < 4.78 is 0. The molecule has 0 radical (unpaired) electrons. The van der Waals surface area contributed by atoms with E-state index in [-0.39, 0.29) is 0 Å². The van der Waals surface area contributed by atoms with Gasteiger partial charge in [0, 0.05) is 19.3 Å². The first-order chi connectivity index (χ1) is 6.86. The van der Waals surface area contributed by atoms with E-state index < -0.39 is 0 Å². The molecule has 0 saturated carbocycles. The predicted molar refractivity (Wildman–Crippen MR) is 57.7 cm³/mol. The molecule has 1 aromatic heterocycles. The molecule has 0 aromatic carbocycles. The summed E-state index contributed by atoms with van der Waals surface area (Å²) in [6.45, 7) is 2.18. The molecule has 3 N–H and O–H groups in total. The van der Waals surface area contributed by atoms with Crippen molar-refractivity contribution < 1.29 is 0 Å². The quantitative estimate of drug-likeness (QED) is 0.745. The molecule has 0 aliphatic carbocycles. The van der Waals surface area contributed by atoms with Crippen molar-refractivity contribution in [3.63, 3.8) is 0 Å². The van der Waals surface area contributed by atoms with Crippen molar-refractivity contribution in [3.05, 3.63) is 18.5 Å². The van der Waals surface area contributed by atoms with Gasteiger partial charge in [-0.3, -0.25) is 4.98 Å². The van der Waals surface area contributed by atoms with Crippen LogP contribution in [0, 0.1) is 0 Å². The molecule has 2 rings (SSSR count). The monoisotopic (exact) mass is 192 g/mol. The van der Waals surface area contributed by atoms with Crippen molar-refractivity contribution in [2.75, 3.05) is 24.2 Å². The van der Waals surface area contributed by atoms with E-state index in [0.717, 1.165) is 24.5 Å². The van der Waals surface area contributed by atoms with Gasteiger partial charge in [0.15, 0.2) is 0 Å². The number of anilines is 2. The van der Waals surface area contributed by atoms with Crippen LogP contribution in [0.3, 0.4) is 0 Å². The molecule has 0 bridgehead atoms. The van der Waals surface area contributed by atoms with Gasteiger partial charge in [-0.05, 0) is 18.9 Å². The van der Waals surface area contributed by atoms with Crippen LogP contribution in [0.2, 0.25) is 0 Å². The van der Waals surface area contributed by atoms with Crippen LogP contribution in [-0.4, -0.2) is 23.1 Å². The van der Waals surface area contributed by atoms with E-state index in [9.17, 15) is 0 Å². The molecular formula is C10H16N4. The van der Waals surface area contributed by atoms with E-state index >= 15 is 0 Å². The second kappa shape index (κ2) is 4.28. The predicted octanol–water partition coefficient (Wildman–Crippen LogP) is 1.48. The fourth-order valence-electron chi connectivity index (χ4n) is 1.67. The SMILES string of the molecule is Nc1ccncc1NN1CCCCC1. The van der Waals surface area contributed by atoms with Gasteiger partial charge in [0.05, 0.1) is 17.6 Å². The number of hydrazine groups is 1. The summed E-state index contributed by atoms with van der Waals surface area (Å²) in [7, 11) is 0. The van der Waals surface area contributed by atoms with Crippen LogP contribution in [0.4, 0.5) is 11.4 Å². The Morgan fingerprint density at radius 1 is 1.29 bits per heavy atom. The Bertz CT molecular complexity index is 294. The van der Waals surface area contributed by atoms with Crippen LogP contribution >= 0.6 is 0 Å². The standard InChI is InChI=1S/C10H16N4/c11-9-4-5-12-8-10(9)13-14-6-2-1-3-7-14/h4-5,8,13H,1-3,6-7H2,(H2,11,12). The molecule has 0 unspecified atom stereocenters. The third-order valence-corrected chi connectivity index (χ3v) is 2.49. The lowest BCUT2D eigenvalue weighted by Crippen LogP contribution is -2.35. The molecule has 2 heterocycles. The van der Waals surface area contributed by atoms with E-state index in [1.54, 1.807) is 12.4 Å². The third kappa shape index (κ3) is 2.14. The van der Waals surface area contributed by atoms with Gasteiger partial charge in [-0.15, -0.1) is 0 Å². The minimum Gasteiger partial charge on any atom is -0.397 e. The fourth-order valence-corrected chi connectivity index (χ4v) is 1.67. The topological polar surface area (TPSA) is 54.2 Å². The number of nitrogen functional groups attached to an aromatic ring is 1. The lowest BCUT2D eigenvalue weighted by molar-refractivity contribution is 0.273. The van der Waals surface area contributed by atoms with Crippen molar-refractivity contribution in [3.8, 4) is 0 Å². The second-order valence-electron chi connectivity index (χ2n) is 3.62. The summed E-state index contributed by atoms with van der Waals surface area (Å²) in [6, 6.07) is 1.81. The van der Waals surface area contributed by atoms with Gasteiger partial charge in [0.2, 0.25) is 0 Å². The van der Waals surface area contributed by atoms with Crippen LogP contribution in [-0.2, 0) is 0 Å². The molecule has 0 atom stereocenters. The molecule has 1 aromatic rings. The van der Waals surface area contributed by atoms with Crippen LogP contribution in [0.1, 0.15) is 19.3 Å². The first-order valence-electron chi connectivity index (χ1n) is 5.07. The first kappa shape index (κ1) is 9.27. The van der Waals surface area contributed by atoms with Crippen molar-refractivity contribution in [2.45, 2.75) is 19.3 Å². The van der Waals surface area contributed by atoms with Gasteiger partial charge in [0.1, 0.15) is 0 Å². The number of nitrogens with zero attached hydrogens (tertiary/aromatic N) is 2. The summed E-state index contributed by atoms with van der Waals surface area (Å²) in [6.07, 6.45) is 7.32. The first-order valence-corrected chi connectivity index (χ1v) is 5.07. The van der Waals surface area contributed by atoms with Gasteiger partial charge < -0.3 is 11.2 Å². The highest BCUT2D eigenvalue weighted by molar-refractivity contribution is 5.63. The van der Waals surface area contributed by atoms with Crippen molar-refractivity contribution in [2.24, 2.45) is 0 Å². The number of piperidine rings is 1. The van der Waals surface area contributed by atoms with Crippen molar-refractivity contribution >= 4 is 11.4 Å². The number of hydrogen-bond donors (Lipinski definition) is 2. The Balaban J connectivity index is 1.99. The van der Waals surface area contributed by atoms with Crippen molar-refractivity contribution in [1.29, 1.82) is 0 Å². The van der Waals surface area contributed by atoms with Crippen LogP contribution in [0.5, 0.6) is 0 Å². The molecule has 1 aliphatic rings. The van der Waals surface area contributed by atoms with E-state index in [0.29, 0.717) is 0 Å². The maximum atomic E-state index is 5.81. The summed E-state index contributed by atoms with van der Waals surface area (Å²) in [4.78, 5) is 4.04. The molecule has 14 heavy (non-hydrogen) atoms. The van der Waals surface area contributed by atoms with Crippen molar-refractivity contribution in [1.82, 2.24) is 9.99 Å². The normalized spacial score (nSPS) is 18.0. The zero-order chi connectivity index (χ0) is 9.80. The molecule has 0 amide bonds. The lowest BCUT2D eigenvalue weighted by Gasteiger charge is -2.28. The minimum absolute atomic E-state index is 0.755. The van der Waals surface area contributed by atoms with Gasteiger partial charge in [0.25, 0.3) is 0 Å². The van der Waals surface area contributed by atoms with Crippen LogP contribution in [0.15, 0.2) is 18.5 Å². The summed E-state index contributed by atoms with van der Waals surface area (Å²) in [5.74, 6) is 0. The zero-order valence-corrected chi connectivity index (χ0v) is 8.24. The third-order valence-electron chi connectivity index (χ3n) is 2.49. The molecule has 76 valence electrons. The van der Waals surface area contributed by atoms with E-state index in [1.165, 1.54) is 19.3 Å². The minimum atomic E-state index is 0.755. The number of nitrogens with one attached hydrogen (secondary N) is 1. The molecule has 4 nitrogen and oxygen atoms in total. The molecule has 1 aliphatic heterocycles. The maximum Gasteiger partial charge on any atom is 0.0906 e. The number of aromatic nitrogens is 1. The average molecular weight is 192 g/mol. The summed E-state index contributed by atoms with van der Waals surface area (Å²) >= 11 is 0. The van der Waals surface area contributed by atoms with Crippen LogP contribution < -0.4 is 11.2 Å². The smallest absolute Gasteiger partial charge is 0.0906 e. The Labute approximate surface area is 84.1 Å². The summed E-state index contributed by atoms with van der Waals surface area (Å²) in [5, 5.41) is 2.21. The summed E-state index contributed by atoms with van der Waals surface area (Å²) in [5.41, 5.74) is 10.8. The highest BCUT2D eigenvalue weighted by atomic mass is 15.5. The Morgan fingerprint density at radius 3 is 2.79 bits per heavy atom. The highest BCUT2D eigenvalue weighted by Gasteiger charge is 2.10. The van der Waals surface area contributed by atoms with Gasteiger partial charge in [-0.25, -0.2) is 5.01 Å². The van der Waals surface area contributed by atoms with E-state index in [1.807, 2.05) is 6.07 Å². The number of rotatable bonds is 2. The fraction of sp³-hybridized carbons (Fsp3) is 0.500. The number of hydrogen-bond acceptors (Lipinski definition) is 4. The maximum absolute atomic E-state index is 5.81. The second-order valence-corrected chi connectivity index (χ2v) is 3.62. The molecule has 1 saturated heterocycles. The Morgan fingerprint density at radius 2 is 2.07 bits per heavy atom. The number of nitrogens with two attached hydrogens (primary N) is 1. The molecular weight excluding hydrogens is 176 g/mol. The van der Waals surface area contributed by atoms with E-state index in [4.69, 9.17) is 5.73 Å². The largest absolute Gasteiger partial charge is 0.397 e.